The zero-order chi connectivity index (χ0) is 14.7. The minimum absolute atomic E-state index is 0.0154. The largest absolute Gasteiger partial charge is 0.478 e. The van der Waals surface area contributed by atoms with Gasteiger partial charge in [0.15, 0.2) is 0 Å². The van der Waals surface area contributed by atoms with E-state index >= 15 is 0 Å². The van der Waals surface area contributed by atoms with Gasteiger partial charge in [-0.1, -0.05) is 6.07 Å². The van der Waals surface area contributed by atoms with Crippen molar-refractivity contribution in [1.29, 1.82) is 0 Å². The molecule has 2 heterocycles. The van der Waals surface area contributed by atoms with Crippen LogP contribution in [-0.2, 0) is 9.47 Å². The molecule has 1 aliphatic heterocycles. The summed E-state index contributed by atoms with van der Waals surface area (Å²) in [7, 11) is 0. The van der Waals surface area contributed by atoms with Gasteiger partial charge in [-0.15, -0.1) is 0 Å². The van der Waals surface area contributed by atoms with Gasteiger partial charge in [0.05, 0.1) is 37.0 Å². The zero-order valence-corrected chi connectivity index (χ0v) is 11.4. The topological polar surface area (TPSA) is 80.7 Å². The number of anilines is 1. The molecule has 6 heteroatoms. The molecule has 0 spiro atoms. The van der Waals surface area contributed by atoms with Gasteiger partial charge in [-0.05, 0) is 24.3 Å². The molecule has 0 bridgehead atoms. The average molecular weight is 288 g/mol. The van der Waals surface area contributed by atoms with E-state index in [9.17, 15) is 4.79 Å². The first-order chi connectivity index (χ1) is 10.2. The lowest BCUT2D eigenvalue weighted by Gasteiger charge is -2.23. The first-order valence-corrected chi connectivity index (χ1v) is 6.80. The van der Waals surface area contributed by atoms with Crippen LogP contribution >= 0.6 is 0 Å². The van der Waals surface area contributed by atoms with Crippen molar-refractivity contribution in [3.63, 3.8) is 0 Å². The summed E-state index contributed by atoms with van der Waals surface area (Å²) in [6, 6.07) is 8.62. The molecular formula is C15H16N2O4. The summed E-state index contributed by atoms with van der Waals surface area (Å²) >= 11 is 0. The number of nitrogens with one attached hydrogen (secondary N) is 1. The van der Waals surface area contributed by atoms with Gasteiger partial charge in [0.1, 0.15) is 5.82 Å². The number of nitrogens with zero attached hydrogens (tertiary/aromatic N) is 1. The molecule has 0 amide bonds. The van der Waals surface area contributed by atoms with Crippen LogP contribution in [0.2, 0.25) is 0 Å². The molecule has 1 unspecified atom stereocenters. The number of pyridine rings is 1. The third kappa shape index (κ3) is 3.12. The van der Waals surface area contributed by atoms with Crippen LogP contribution in [0.4, 0.5) is 5.82 Å². The number of hydrogen-bond acceptors (Lipinski definition) is 5. The molecule has 6 nitrogen and oxygen atoms in total. The first-order valence-electron chi connectivity index (χ1n) is 6.80. The highest BCUT2D eigenvalue weighted by Crippen LogP contribution is 2.19. The fourth-order valence-electron chi connectivity index (χ4n) is 2.31. The molecule has 2 aromatic rings. The van der Waals surface area contributed by atoms with Crippen LogP contribution in [0.5, 0.6) is 0 Å². The van der Waals surface area contributed by atoms with Crippen LogP contribution < -0.4 is 5.32 Å². The third-order valence-corrected chi connectivity index (χ3v) is 3.36. The Morgan fingerprint density at radius 2 is 2.24 bits per heavy atom. The Kier molecular flexibility index (Phi) is 3.98. The molecule has 0 radical (unpaired) electrons. The standard InChI is InChI=1S/C15H16N2O4/c18-15(19)12-2-1-3-13-11(12)4-5-14(17-13)16-8-10-9-20-6-7-21-10/h1-5,10H,6-9H2,(H,16,17)(H,18,19). The molecule has 1 aliphatic rings. The lowest BCUT2D eigenvalue weighted by atomic mass is 10.1. The quantitative estimate of drug-likeness (QED) is 0.892. The molecule has 110 valence electrons. The highest BCUT2D eigenvalue weighted by atomic mass is 16.6. The summed E-state index contributed by atoms with van der Waals surface area (Å²) in [4.78, 5) is 15.6. The minimum Gasteiger partial charge on any atom is -0.478 e. The second-order valence-electron chi connectivity index (χ2n) is 4.82. The molecule has 1 atom stereocenters. The summed E-state index contributed by atoms with van der Waals surface area (Å²) in [6.45, 7) is 2.43. The number of carboxylic acid groups (broad SMARTS) is 1. The molecule has 0 saturated carbocycles. The molecule has 21 heavy (non-hydrogen) atoms. The van der Waals surface area contributed by atoms with E-state index in [4.69, 9.17) is 14.6 Å². The van der Waals surface area contributed by atoms with E-state index in [1.54, 1.807) is 30.3 Å². The number of benzene rings is 1. The zero-order valence-electron chi connectivity index (χ0n) is 11.4. The highest BCUT2D eigenvalue weighted by molar-refractivity contribution is 6.02. The summed E-state index contributed by atoms with van der Waals surface area (Å²) in [5.41, 5.74) is 0.913. The van der Waals surface area contributed by atoms with E-state index in [0.717, 1.165) is 0 Å². The number of aromatic nitrogens is 1. The Hall–Kier alpha value is -2.18. The van der Waals surface area contributed by atoms with E-state index in [2.05, 4.69) is 10.3 Å². The maximum Gasteiger partial charge on any atom is 0.336 e. The second kappa shape index (κ2) is 6.07. The van der Waals surface area contributed by atoms with Gasteiger partial charge < -0.3 is 19.9 Å². The van der Waals surface area contributed by atoms with Crippen molar-refractivity contribution in [2.24, 2.45) is 0 Å². The Bertz CT molecular complexity index is 653. The number of aromatic carboxylic acids is 1. The average Bonchev–Trinajstić information content (AvgIpc) is 2.53. The van der Waals surface area contributed by atoms with Crippen molar-refractivity contribution in [2.75, 3.05) is 31.7 Å². The van der Waals surface area contributed by atoms with E-state index in [-0.39, 0.29) is 11.7 Å². The number of fused-ring (bicyclic) bond motifs is 1. The number of rotatable bonds is 4. The monoisotopic (exact) mass is 288 g/mol. The maximum absolute atomic E-state index is 11.2. The van der Waals surface area contributed by atoms with Crippen molar-refractivity contribution in [2.45, 2.75) is 6.10 Å². The number of carbonyl (C=O) groups is 1. The van der Waals surface area contributed by atoms with Crippen LogP contribution in [0, 0.1) is 0 Å². The SMILES string of the molecule is O=C(O)c1cccc2nc(NCC3COCCO3)ccc12. The van der Waals surface area contributed by atoms with E-state index in [1.165, 1.54) is 0 Å². The second-order valence-corrected chi connectivity index (χ2v) is 4.82. The number of carboxylic acids is 1. The molecule has 1 saturated heterocycles. The molecule has 3 rings (SSSR count). The highest BCUT2D eigenvalue weighted by Gasteiger charge is 2.14. The van der Waals surface area contributed by atoms with Gasteiger partial charge in [-0.2, -0.15) is 0 Å². The van der Waals surface area contributed by atoms with Crippen LogP contribution in [0.25, 0.3) is 10.9 Å². The fraction of sp³-hybridized carbons (Fsp3) is 0.333. The van der Waals surface area contributed by atoms with Crippen molar-refractivity contribution in [1.82, 2.24) is 4.98 Å². The Balaban J connectivity index is 1.76. The van der Waals surface area contributed by atoms with Crippen molar-refractivity contribution in [3.05, 3.63) is 35.9 Å². The normalized spacial score (nSPS) is 18.6. The van der Waals surface area contributed by atoms with Crippen LogP contribution in [0.15, 0.2) is 30.3 Å². The van der Waals surface area contributed by atoms with Crippen molar-refractivity contribution >= 4 is 22.7 Å². The summed E-state index contributed by atoms with van der Waals surface area (Å²) in [5.74, 6) is -0.255. The number of hydrogen-bond donors (Lipinski definition) is 2. The van der Waals surface area contributed by atoms with E-state index in [0.29, 0.717) is 43.1 Å². The van der Waals surface area contributed by atoms with E-state index < -0.39 is 5.97 Å². The molecule has 1 fully saturated rings. The smallest absolute Gasteiger partial charge is 0.336 e. The summed E-state index contributed by atoms with van der Waals surface area (Å²) in [6.07, 6.45) is 0.0154. The number of ether oxygens (including phenoxy) is 2. The van der Waals surface area contributed by atoms with Crippen LogP contribution in [0.3, 0.4) is 0 Å². The fourth-order valence-corrected chi connectivity index (χ4v) is 2.31. The van der Waals surface area contributed by atoms with Crippen molar-refractivity contribution < 1.29 is 19.4 Å². The lowest BCUT2D eigenvalue weighted by molar-refractivity contribution is -0.0819. The first kappa shape index (κ1) is 13.8. The van der Waals surface area contributed by atoms with Gasteiger partial charge in [0, 0.05) is 11.9 Å². The minimum atomic E-state index is -0.948. The maximum atomic E-state index is 11.2. The third-order valence-electron chi connectivity index (χ3n) is 3.36. The van der Waals surface area contributed by atoms with Gasteiger partial charge in [0.25, 0.3) is 0 Å². The van der Waals surface area contributed by atoms with Gasteiger partial charge in [-0.3, -0.25) is 0 Å². The molecule has 1 aromatic carbocycles. The predicted octanol–water partition coefficient (Wildman–Crippen LogP) is 1.76. The predicted molar refractivity (Wildman–Crippen MR) is 77.8 cm³/mol. The van der Waals surface area contributed by atoms with Crippen molar-refractivity contribution in [3.8, 4) is 0 Å². The summed E-state index contributed by atoms with van der Waals surface area (Å²) < 4.78 is 10.9. The van der Waals surface area contributed by atoms with Gasteiger partial charge in [-0.25, -0.2) is 9.78 Å². The molecule has 2 N–H and O–H groups in total. The van der Waals surface area contributed by atoms with Gasteiger partial charge in [0.2, 0.25) is 0 Å². The van der Waals surface area contributed by atoms with Gasteiger partial charge >= 0.3 is 5.97 Å². The van der Waals surface area contributed by atoms with Crippen LogP contribution in [-0.4, -0.2) is 48.5 Å². The summed E-state index contributed by atoms with van der Waals surface area (Å²) in [5, 5.41) is 13.0. The van der Waals surface area contributed by atoms with E-state index in [1.807, 2.05) is 0 Å². The lowest BCUT2D eigenvalue weighted by Crippen LogP contribution is -2.34. The molecule has 1 aromatic heterocycles. The Morgan fingerprint density at radius 3 is 3.00 bits per heavy atom. The Labute approximate surface area is 121 Å². The van der Waals surface area contributed by atoms with Crippen LogP contribution in [0.1, 0.15) is 10.4 Å². The molecular weight excluding hydrogens is 272 g/mol. The Morgan fingerprint density at radius 1 is 1.33 bits per heavy atom. The molecule has 0 aliphatic carbocycles.